The number of hydrogen-bond acceptors (Lipinski definition) is 4. The van der Waals surface area contributed by atoms with Gasteiger partial charge in [0.25, 0.3) is 0 Å². The predicted octanol–water partition coefficient (Wildman–Crippen LogP) is -0.0117. The average molecular weight is 258 g/mol. The second kappa shape index (κ2) is 7.33. The first kappa shape index (κ1) is 14.9. The molecule has 1 rings (SSSR count). The number of carboxylic acid groups (broad SMARTS) is 1. The van der Waals surface area contributed by atoms with E-state index in [-0.39, 0.29) is 24.8 Å². The summed E-state index contributed by atoms with van der Waals surface area (Å²) >= 11 is 0. The highest BCUT2D eigenvalue weighted by Crippen LogP contribution is 2.18. The van der Waals surface area contributed by atoms with Gasteiger partial charge in [-0.05, 0) is 19.3 Å². The van der Waals surface area contributed by atoms with E-state index >= 15 is 0 Å². The molecule has 1 aliphatic rings. The third-order valence-corrected chi connectivity index (χ3v) is 3.31. The summed E-state index contributed by atoms with van der Waals surface area (Å²) in [5, 5.41) is 21.1. The number of aliphatic carboxylic acids is 1. The van der Waals surface area contributed by atoms with Crippen LogP contribution in [-0.2, 0) is 9.59 Å². The third-order valence-electron chi connectivity index (χ3n) is 3.31. The maximum atomic E-state index is 11.7. The zero-order chi connectivity index (χ0) is 13.5. The van der Waals surface area contributed by atoms with Crippen molar-refractivity contribution in [1.29, 1.82) is 0 Å². The van der Waals surface area contributed by atoms with E-state index in [2.05, 4.69) is 5.32 Å². The molecule has 3 unspecified atom stereocenters. The summed E-state index contributed by atoms with van der Waals surface area (Å²) in [7, 11) is 0. The molecule has 0 spiro atoms. The Labute approximate surface area is 107 Å². The summed E-state index contributed by atoms with van der Waals surface area (Å²) in [5.41, 5.74) is 5.61. The predicted molar refractivity (Wildman–Crippen MR) is 65.9 cm³/mol. The monoisotopic (exact) mass is 258 g/mol. The third kappa shape index (κ3) is 5.01. The van der Waals surface area contributed by atoms with Crippen LogP contribution in [0.4, 0.5) is 0 Å². The molecule has 0 aromatic carbocycles. The van der Waals surface area contributed by atoms with Gasteiger partial charge in [-0.3, -0.25) is 9.59 Å². The molecular formula is C12H22N2O4. The van der Waals surface area contributed by atoms with Crippen molar-refractivity contribution in [2.45, 2.75) is 63.1 Å². The van der Waals surface area contributed by atoms with Gasteiger partial charge in [-0.2, -0.15) is 0 Å². The molecule has 0 aromatic rings. The number of rotatable bonds is 5. The Hall–Kier alpha value is -1.14. The van der Waals surface area contributed by atoms with Crippen LogP contribution in [0.15, 0.2) is 0 Å². The summed E-state index contributed by atoms with van der Waals surface area (Å²) in [6.07, 6.45) is 3.92. The lowest BCUT2D eigenvalue weighted by molar-refractivity contribution is -0.137. The maximum absolute atomic E-state index is 11.7. The lowest BCUT2D eigenvalue weighted by Crippen LogP contribution is -2.49. The molecule has 1 saturated carbocycles. The van der Waals surface area contributed by atoms with Gasteiger partial charge >= 0.3 is 5.97 Å². The highest BCUT2D eigenvalue weighted by atomic mass is 16.4. The van der Waals surface area contributed by atoms with Gasteiger partial charge in [0.2, 0.25) is 5.91 Å². The molecule has 6 nitrogen and oxygen atoms in total. The van der Waals surface area contributed by atoms with Gasteiger partial charge in [0.15, 0.2) is 0 Å². The van der Waals surface area contributed by atoms with Crippen LogP contribution in [0.5, 0.6) is 0 Å². The molecule has 0 bridgehead atoms. The summed E-state index contributed by atoms with van der Waals surface area (Å²) in [5.74, 6) is -1.34. The quantitative estimate of drug-likeness (QED) is 0.518. The smallest absolute Gasteiger partial charge is 0.303 e. The van der Waals surface area contributed by atoms with Crippen molar-refractivity contribution in [2.24, 2.45) is 5.73 Å². The summed E-state index contributed by atoms with van der Waals surface area (Å²) in [6, 6.07) is -1.08. The Balaban J connectivity index is 2.39. The molecule has 5 N–H and O–H groups in total. The molecule has 0 aliphatic heterocycles. The lowest BCUT2D eigenvalue weighted by atomic mass is 10.0. The number of carbonyl (C=O) groups is 2. The lowest BCUT2D eigenvalue weighted by Gasteiger charge is -2.23. The highest BCUT2D eigenvalue weighted by Gasteiger charge is 2.25. The number of aliphatic hydroxyl groups excluding tert-OH is 1. The number of carboxylic acids is 1. The number of nitrogens with two attached hydrogens (primary N) is 1. The zero-order valence-electron chi connectivity index (χ0n) is 10.5. The molecule has 0 radical (unpaired) electrons. The van der Waals surface area contributed by atoms with E-state index < -0.39 is 18.1 Å². The summed E-state index contributed by atoms with van der Waals surface area (Å²) < 4.78 is 0. The number of aliphatic hydroxyl groups is 1. The Morgan fingerprint density at radius 2 is 1.94 bits per heavy atom. The minimum atomic E-state index is -0.965. The molecule has 1 fully saturated rings. The van der Waals surface area contributed by atoms with E-state index in [1.54, 1.807) is 0 Å². The summed E-state index contributed by atoms with van der Waals surface area (Å²) in [4.78, 5) is 22.1. The van der Waals surface area contributed by atoms with Crippen LogP contribution in [0.1, 0.15) is 44.9 Å². The Bertz CT molecular complexity index is 296. The van der Waals surface area contributed by atoms with Crippen molar-refractivity contribution < 1.29 is 19.8 Å². The summed E-state index contributed by atoms with van der Waals surface area (Å²) in [6.45, 7) is 0. The zero-order valence-corrected chi connectivity index (χ0v) is 10.5. The molecule has 1 amide bonds. The van der Waals surface area contributed by atoms with Crippen molar-refractivity contribution in [3.8, 4) is 0 Å². The fourth-order valence-electron chi connectivity index (χ4n) is 2.16. The van der Waals surface area contributed by atoms with E-state index in [1.165, 1.54) is 0 Å². The van der Waals surface area contributed by atoms with E-state index in [9.17, 15) is 14.7 Å². The van der Waals surface area contributed by atoms with Crippen LogP contribution in [0, 0.1) is 0 Å². The van der Waals surface area contributed by atoms with Crippen molar-refractivity contribution in [3.63, 3.8) is 0 Å². The molecule has 1 aliphatic carbocycles. The van der Waals surface area contributed by atoms with Crippen molar-refractivity contribution >= 4 is 11.9 Å². The number of nitrogens with one attached hydrogen (secondary N) is 1. The molecule has 18 heavy (non-hydrogen) atoms. The van der Waals surface area contributed by atoms with Gasteiger partial charge in [-0.15, -0.1) is 0 Å². The van der Waals surface area contributed by atoms with Gasteiger partial charge in [-0.1, -0.05) is 19.3 Å². The first-order valence-electron chi connectivity index (χ1n) is 6.46. The van der Waals surface area contributed by atoms with Gasteiger partial charge in [0.05, 0.1) is 18.2 Å². The molecule has 3 atom stereocenters. The standard InChI is InChI=1S/C12H22N2O4/c13-8(6-7-11(16)17)12(18)14-9-4-2-1-3-5-10(9)15/h8-10,15H,1-7,13H2,(H,14,18)(H,16,17). The molecular weight excluding hydrogens is 236 g/mol. The van der Waals surface area contributed by atoms with E-state index in [0.717, 1.165) is 25.7 Å². The number of amides is 1. The van der Waals surface area contributed by atoms with Crippen LogP contribution in [0.2, 0.25) is 0 Å². The SMILES string of the molecule is NC(CCC(=O)O)C(=O)NC1CCCCCC1O. The second-order valence-electron chi connectivity index (χ2n) is 4.86. The second-order valence-corrected chi connectivity index (χ2v) is 4.86. The Morgan fingerprint density at radius 1 is 1.28 bits per heavy atom. The van der Waals surface area contributed by atoms with Gasteiger partial charge in [0.1, 0.15) is 0 Å². The molecule has 0 saturated heterocycles. The molecule has 0 heterocycles. The van der Waals surface area contributed by atoms with Crippen molar-refractivity contribution in [2.75, 3.05) is 0 Å². The Morgan fingerprint density at radius 3 is 2.61 bits per heavy atom. The van der Waals surface area contributed by atoms with Gasteiger partial charge < -0.3 is 21.3 Å². The van der Waals surface area contributed by atoms with Crippen LogP contribution in [0.3, 0.4) is 0 Å². The van der Waals surface area contributed by atoms with Crippen LogP contribution in [-0.4, -0.2) is 40.3 Å². The minimum Gasteiger partial charge on any atom is -0.481 e. The fourth-order valence-corrected chi connectivity index (χ4v) is 2.16. The van der Waals surface area contributed by atoms with Crippen LogP contribution in [0.25, 0.3) is 0 Å². The largest absolute Gasteiger partial charge is 0.481 e. The normalized spacial score (nSPS) is 26.1. The first-order valence-corrected chi connectivity index (χ1v) is 6.46. The minimum absolute atomic E-state index is 0.115. The Kier molecular flexibility index (Phi) is 6.07. The van der Waals surface area contributed by atoms with E-state index in [0.29, 0.717) is 6.42 Å². The molecule has 104 valence electrons. The van der Waals surface area contributed by atoms with Crippen molar-refractivity contribution in [1.82, 2.24) is 5.32 Å². The number of hydrogen-bond donors (Lipinski definition) is 4. The van der Waals surface area contributed by atoms with Crippen molar-refractivity contribution in [3.05, 3.63) is 0 Å². The van der Waals surface area contributed by atoms with Gasteiger partial charge in [-0.25, -0.2) is 0 Å². The van der Waals surface area contributed by atoms with Gasteiger partial charge in [0, 0.05) is 6.42 Å². The van der Waals surface area contributed by atoms with Crippen LogP contribution >= 0.6 is 0 Å². The molecule has 6 heteroatoms. The van der Waals surface area contributed by atoms with E-state index in [1.807, 2.05) is 0 Å². The fraction of sp³-hybridized carbons (Fsp3) is 0.833. The maximum Gasteiger partial charge on any atom is 0.303 e. The first-order chi connectivity index (χ1) is 8.50. The number of carbonyl (C=O) groups excluding carboxylic acids is 1. The topological polar surface area (TPSA) is 113 Å². The van der Waals surface area contributed by atoms with Crippen LogP contribution < -0.4 is 11.1 Å². The average Bonchev–Trinajstić information content (AvgIpc) is 2.51. The van der Waals surface area contributed by atoms with E-state index in [4.69, 9.17) is 10.8 Å². The highest BCUT2D eigenvalue weighted by molar-refractivity contribution is 5.82. The molecule has 0 aromatic heterocycles.